The molecule has 0 aromatic heterocycles. The van der Waals surface area contributed by atoms with Crippen molar-refractivity contribution in [3.8, 4) is 0 Å². The molecule has 0 saturated heterocycles. The Morgan fingerprint density at radius 3 is 2.36 bits per heavy atom. The van der Waals surface area contributed by atoms with Crippen molar-refractivity contribution in [2.24, 2.45) is 11.8 Å². The van der Waals surface area contributed by atoms with Crippen LogP contribution in [0.15, 0.2) is 60.7 Å². The monoisotopic (exact) mass is 398 g/mol. The highest BCUT2D eigenvalue weighted by atomic mass is 35.5. The number of carbonyl (C=O) groups excluding carboxylic acids is 2. The van der Waals surface area contributed by atoms with Gasteiger partial charge in [-0.05, 0) is 43.2 Å². The second-order valence-electron chi connectivity index (χ2n) is 6.49. The number of nitrogens with one attached hydrogen (secondary N) is 2. The lowest BCUT2D eigenvalue weighted by atomic mass is 9.82. The molecule has 3 rings (SSSR count). The maximum Gasteiger partial charge on any atom is 0.307 e. The smallest absolute Gasteiger partial charge is 0.307 e. The van der Waals surface area contributed by atoms with Crippen molar-refractivity contribution in [2.75, 3.05) is 10.6 Å². The Hall–Kier alpha value is -3.12. The first-order valence-corrected chi connectivity index (χ1v) is 9.18. The zero-order valence-corrected chi connectivity index (χ0v) is 15.6. The third-order valence-electron chi connectivity index (χ3n) is 4.60. The standard InChI is InChI=1S/C21H19ClN2O4/c22-13-6-5-7-14(12-13)23-20(26)17-10-3-4-11-18(17)24-19(25)15-8-1-2-9-16(15)21(27)28/h1-7,10-12,15-16H,8-9H2,(H,23,26)(H,24,25)(H,27,28). The van der Waals surface area contributed by atoms with Gasteiger partial charge in [-0.3, -0.25) is 14.4 Å². The number of carboxylic acid groups (broad SMARTS) is 1. The highest BCUT2D eigenvalue weighted by Crippen LogP contribution is 2.28. The predicted octanol–water partition coefficient (Wildman–Crippen LogP) is 4.20. The number of aliphatic carboxylic acids is 1. The van der Waals surface area contributed by atoms with Gasteiger partial charge in [0.05, 0.1) is 23.1 Å². The van der Waals surface area contributed by atoms with Gasteiger partial charge in [-0.1, -0.05) is 42.0 Å². The van der Waals surface area contributed by atoms with E-state index in [4.69, 9.17) is 11.6 Å². The molecule has 0 radical (unpaired) electrons. The van der Waals surface area contributed by atoms with Crippen LogP contribution in [0.2, 0.25) is 5.02 Å². The molecule has 2 unspecified atom stereocenters. The van der Waals surface area contributed by atoms with Crippen LogP contribution >= 0.6 is 11.6 Å². The lowest BCUT2D eigenvalue weighted by Crippen LogP contribution is -2.35. The fourth-order valence-corrected chi connectivity index (χ4v) is 3.35. The number of benzene rings is 2. The van der Waals surface area contributed by atoms with E-state index in [1.165, 1.54) is 0 Å². The second kappa shape index (κ2) is 8.71. The fourth-order valence-electron chi connectivity index (χ4n) is 3.16. The van der Waals surface area contributed by atoms with Crippen molar-refractivity contribution in [2.45, 2.75) is 12.8 Å². The lowest BCUT2D eigenvalue weighted by Gasteiger charge is -2.24. The van der Waals surface area contributed by atoms with Crippen molar-refractivity contribution in [1.29, 1.82) is 0 Å². The van der Waals surface area contributed by atoms with Crippen LogP contribution in [0.1, 0.15) is 23.2 Å². The van der Waals surface area contributed by atoms with Crippen LogP contribution < -0.4 is 10.6 Å². The molecule has 2 amide bonds. The van der Waals surface area contributed by atoms with Crippen molar-refractivity contribution in [3.63, 3.8) is 0 Å². The van der Waals surface area contributed by atoms with E-state index in [2.05, 4.69) is 10.6 Å². The first-order chi connectivity index (χ1) is 13.5. The van der Waals surface area contributed by atoms with Crippen LogP contribution in [0, 0.1) is 11.8 Å². The predicted molar refractivity (Wildman–Crippen MR) is 107 cm³/mol. The number of hydrogen-bond donors (Lipinski definition) is 3. The van der Waals surface area contributed by atoms with Crippen molar-refractivity contribution in [3.05, 3.63) is 71.3 Å². The molecule has 1 aliphatic rings. The highest BCUT2D eigenvalue weighted by Gasteiger charge is 2.34. The molecule has 0 bridgehead atoms. The molecule has 0 heterocycles. The first kappa shape index (κ1) is 19.6. The third kappa shape index (κ3) is 4.58. The fraction of sp³-hybridized carbons (Fsp3) is 0.190. The van der Waals surface area contributed by atoms with E-state index in [1.54, 1.807) is 60.7 Å². The molecule has 144 valence electrons. The minimum Gasteiger partial charge on any atom is -0.481 e. The van der Waals surface area contributed by atoms with Gasteiger partial charge in [0, 0.05) is 10.7 Å². The van der Waals surface area contributed by atoms with Gasteiger partial charge in [0.25, 0.3) is 5.91 Å². The molecule has 2 atom stereocenters. The number of carbonyl (C=O) groups is 3. The maximum atomic E-state index is 12.7. The Balaban J connectivity index is 1.78. The van der Waals surface area contributed by atoms with Crippen LogP contribution in [0.3, 0.4) is 0 Å². The van der Waals surface area contributed by atoms with Gasteiger partial charge >= 0.3 is 5.97 Å². The second-order valence-corrected chi connectivity index (χ2v) is 6.93. The normalized spacial score (nSPS) is 18.3. The summed E-state index contributed by atoms with van der Waals surface area (Å²) >= 11 is 5.94. The van der Waals surface area contributed by atoms with E-state index >= 15 is 0 Å². The molecule has 0 fully saturated rings. The van der Waals surface area contributed by atoms with Crippen LogP contribution in [-0.4, -0.2) is 22.9 Å². The number of allylic oxidation sites excluding steroid dienone is 2. The summed E-state index contributed by atoms with van der Waals surface area (Å²) in [4.78, 5) is 36.8. The van der Waals surface area contributed by atoms with E-state index in [-0.39, 0.29) is 5.56 Å². The van der Waals surface area contributed by atoms with E-state index in [1.807, 2.05) is 0 Å². The Morgan fingerprint density at radius 1 is 0.929 bits per heavy atom. The highest BCUT2D eigenvalue weighted by molar-refractivity contribution is 6.31. The van der Waals surface area contributed by atoms with Gasteiger partial charge in [-0.15, -0.1) is 0 Å². The Morgan fingerprint density at radius 2 is 1.64 bits per heavy atom. The summed E-state index contributed by atoms with van der Waals surface area (Å²) in [6.45, 7) is 0. The molecule has 2 aromatic carbocycles. The number of halogens is 1. The van der Waals surface area contributed by atoms with Crippen LogP contribution in [0.5, 0.6) is 0 Å². The molecule has 0 saturated carbocycles. The zero-order valence-electron chi connectivity index (χ0n) is 14.9. The van der Waals surface area contributed by atoms with Crippen LogP contribution in [0.25, 0.3) is 0 Å². The molecule has 0 aliphatic heterocycles. The molecule has 3 N–H and O–H groups in total. The van der Waals surface area contributed by atoms with Crippen LogP contribution in [-0.2, 0) is 9.59 Å². The first-order valence-electron chi connectivity index (χ1n) is 8.80. The van der Waals surface area contributed by atoms with Gasteiger partial charge in [-0.2, -0.15) is 0 Å². The molecule has 6 nitrogen and oxygen atoms in total. The molecule has 7 heteroatoms. The summed E-state index contributed by atoms with van der Waals surface area (Å²) in [5.74, 6) is -3.29. The number of amides is 2. The van der Waals surface area contributed by atoms with Gasteiger partial charge < -0.3 is 15.7 Å². The summed E-state index contributed by atoms with van der Waals surface area (Å²) in [6.07, 6.45) is 4.24. The summed E-state index contributed by atoms with van der Waals surface area (Å²) < 4.78 is 0. The van der Waals surface area contributed by atoms with Crippen LogP contribution in [0.4, 0.5) is 11.4 Å². The Kier molecular flexibility index (Phi) is 6.11. The Labute approximate surface area is 167 Å². The van der Waals surface area contributed by atoms with Crippen molar-refractivity contribution < 1.29 is 19.5 Å². The molecular weight excluding hydrogens is 380 g/mol. The summed E-state index contributed by atoms with van der Waals surface area (Å²) in [7, 11) is 0. The van der Waals surface area contributed by atoms with E-state index < -0.39 is 29.6 Å². The SMILES string of the molecule is O=C(Nc1cccc(Cl)c1)c1ccccc1NC(=O)C1CC=CCC1C(=O)O. The lowest BCUT2D eigenvalue weighted by molar-refractivity contribution is -0.146. The average molecular weight is 399 g/mol. The summed E-state index contributed by atoms with van der Waals surface area (Å²) in [6, 6.07) is 13.3. The minimum absolute atomic E-state index is 0.272. The van der Waals surface area contributed by atoms with E-state index in [0.29, 0.717) is 29.2 Å². The van der Waals surface area contributed by atoms with Gasteiger partial charge in [-0.25, -0.2) is 0 Å². The van der Waals surface area contributed by atoms with Crippen molar-refractivity contribution >= 4 is 40.8 Å². The minimum atomic E-state index is -1.00. The van der Waals surface area contributed by atoms with Gasteiger partial charge in [0.15, 0.2) is 0 Å². The zero-order chi connectivity index (χ0) is 20.1. The summed E-state index contributed by atoms with van der Waals surface area (Å²) in [5, 5.41) is 15.3. The number of rotatable bonds is 5. The molecule has 0 spiro atoms. The molecule has 28 heavy (non-hydrogen) atoms. The number of anilines is 2. The summed E-state index contributed by atoms with van der Waals surface area (Å²) in [5.41, 5.74) is 1.13. The number of hydrogen-bond acceptors (Lipinski definition) is 3. The molecular formula is C21H19ClN2O4. The quantitative estimate of drug-likeness (QED) is 0.658. The van der Waals surface area contributed by atoms with Crippen molar-refractivity contribution in [1.82, 2.24) is 0 Å². The topological polar surface area (TPSA) is 95.5 Å². The van der Waals surface area contributed by atoms with E-state index in [0.717, 1.165) is 0 Å². The third-order valence-corrected chi connectivity index (χ3v) is 4.83. The molecule has 2 aromatic rings. The largest absolute Gasteiger partial charge is 0.481 e. The maximum absolute atomic E-state index is 12.7. The number of para-hydroxylation sites is 1. The Bertz CT molecular complexity index is 942. The molecule has 1 aliphatic carbocycles. The van der Waals surface area contributed by atoms with E-state index in [9.17, 15) is 19.5 Å². The van der Waals surface area contributed by atoms with Gasteiger partial charge in [0.2, 0.25) is 5.91 Å². The average Bonchev–Trinajstić information content (AvgIpc) is 2.68. The van der Waals surface area contributed by atoms with Gasteiger partial charge in [0.1, 0.15) is 0 Å². The number of carboxylic acids is 1.